The lowest BCUT2D eigenvalue weighted by Crippen LogP contribution is -2.58. The van der Waals surface area contributed by atoms with Crippen LogP contribution in [0.1, 0.15) is 69.7 Å². The molecule has 1 aromatic rings. The summed E-state index contributed by atoms with van der Waals surface area (Å²) < 4.78 is 6.12. The van der Waals surface area contributed by atoms with Gasteiger partial charge in [-0.3, -0.25) is 4.79 Å². The van der Waals surface area contributed by atoms with E-state index in [9.17, 15) is 14.7 Å². The molecule has 0 amide bonds. The lowest BCUT2D eigenvalue weighted by molar-refractivity contribution is -0.145. The van der Waals surface area contributed by atoms with E-state index in [0.29, 0.717) is 12.0 Å². The van der Waals surface area contributed by atoms with Crippen molar-refractivity contribution in [1.29, 1.82) is 0 Å². The quantitative estimate of drug-likeness (QED) is 0.271. The summed E-state index contributed by atoms with van der Waals surface area (Å²) in [5.41, 5.74) is 2.31. The first-order valence-electron chi connectivity index (χ1n) is 11.4. The van der Waals surface area contributed by atoms with E-state index < -0.39 is 0 Å². The average Bonchev–Trinajstić information content (AvgIpc) is 2.73. The maximum absolute atomic E-state index is 12.9. The second-order valence-electron chi connectivity index (χ2n) is 10.1. The molecule has 2 fully saturated rings. The van der Waals surface area contributed by atoms with Gasteiger partial charge in [0, 0.05) is 18.9 Å². The maximum Gasteiger partial charge on any atom is 0.338 e. The molecule has 2 aliphatic carbocycles. The van der Waals surface area contributed by atoms with Gasteiger partial charge < -0.3 is 9.84 Å². The SMILES string of the molecule is C=C1C[C@@H](OC(=O)c2ccccc2)[C@H]2[C@](C)(CO)CCC[C@]2(C)[C@@H]1CC/C(C)=C/C=O. The number of esters is 1. The Balaban J connectivity index is 1.92. The van der Waals surface area contributed by atoms with Crippen molar-refractivity contribution in [2.45, 2.75) is 65.4 Å². The van der Waals surface area contributed by atoms with E-state index >= 15 is 0 Å². The molecule has 0 saturated heterocycles. The van der Waals surface area contributed by atoms with Gasteiger partial charge in [0.1, 0.15) is 12.4 Å². The molecule has 2 aliphatic rings. The van der Waals surface area contributed by atoms with Gasteiger partial charge in [0.15, 0.2) is 0 Å². The summed E-state index contributed by atoms with van der Waals surface area (Å²) in [5.74, 6) is 0.0115. The Morgan fingerprint density at radius 2 is 1.97 bits per heavy atom. The summed E-state index contributed by atoms with van der Waals surface area (Å²) in [7, 11) is 0. The smallest absolute Gasteiger partial charge is 0.338 e. The number of aldehydes is 1. The van der Waals surface area contributed by atoms with Crippen molar-refractivity contribution in [2.24, 2.45) is 22.7 Å². The van der Waals surface area contributed by atoms with Crippen LogP contribution in [0.3, 0.4) is 0 Å². The summed E-state index contributed by atoms with van der Waals surface area (Å²) in [5, 5.41) is 10.4. The molecule has 4 nitrogen and oxygen atoms in total. The molecule has 1 aromatic carbocycles. The lowest BCUT2D eigenvalue weighted by Gasteiger charge is -2.60. The van der Waals surface area contributed by atoms with Gasteiger partial charge in [-0.15, -0.1) is 0 Å². The molecule has 0 heterocycles. The summed E-state index contributed by atoms with van der Waals surface area (Å²) in [6.45, 7) is 10.9. The summed E-state index contributed by atoms with van der Waals surface area (Å²) >= 11 is 0. The average molecular weight is 425 g/mol. The van der Waals surface area contributed by atoms with Crippen LogP contribution in [0.25, 0.3) is 0 Å². The number of ether oxygens (including phenoxy) is 1. The molecule has 4 heteroatoms. The zero-order chi connectivity index (χ0) is 22.6. The highest BCUT2D eigenvalue weighted by atomic mass is 16.5. The van der Waals surface area contributed by atoms with Crippen molar-refractivity contribution < 1.29 is 19.4 Å². The molecule has 0 aliphatic heterocycles. The van der Waals surface area contributed by atoms with Crippen LogP contribution in [0.4, 0.5) is 0 Å². The van der Waals surface area contributed by atoms with Crippen molar-refractivity contribution in [1.82, 2.24) is 0 Å². The van der Waals surface area contributed by atoms with Gasteiger partial charge in [0.2, 0.25) is 0 Å². The standard InChI is InChI=1S/C27H36O4/c1-19(13-16-28)11-12-22-20(2)17-23(31-25(30)21-9-6-5-7-10-21)24-26(3,18-29)14-8-15-27(22,24)4/h5-7,9-10,13,16,22-24,29H,2,8,11-12,14-15,17-18H2,1,3-4H3/b19-13+/t22-,23-,24+,26+,27-/m1/s1. The fourth-order valence-electron chi connectivity index (χ4n) is 6.40. The highest BCUT2D eigenvalue weighted by molar-refractivity contribution is 5.89. The van der Waals surface area contributed by atoms with Gasteiger partial charge in [-0.2, -0.15) is 0 Å². The Labute approximate surface area is 186 Å². The number of benzene rings is 1. The lowest BCUT2D eigenvalue weighted by atomic mass is 9.46. The molecule has 1 N–H and O–H groups in total. The predicted molar refractivity (Wildman–Crippen MR) is 123 cm³/mol. The van der Waals surface area contributed by atoms with Gasteiger partial charge in [-0.25, -0.2) is 4.79 Å². The first kappa shape index (κ1) is 23.5. The molecular weight excluding hydrogens is 388 g/mol. The fourth-order valence-corrected chi connectivity index (χ4v) is 6.40. The van der Waals surface area contributed by atoms with Crippen molar-refractivity contribution in [3.05, 3.63) is 59.7 Å². The van der Waals surface area contributed by atoms with E-state index in [0.717, 1.165) is 49.5 Å². The molecule has 0 unspecified atom stereocenters. The van der Waals surface area contributed by atoms with Gasteiger partial charge in [0.25, 0.3) is 0 Å². The monoisotopic (exact) mass is 424 g/mol. The number of aliphatic hydroxyl groups excluding tert-OH is 1. The third-order valence-electron chi connectivity index (χ3n) is 7.86. The third kappa shape index (κ3) is 4.69. The summed E-state index contributed by atoms with van der Waals surface area (Å²) in [6.07, 6.45) is 7.54. The van der Waals surface area contributed by atoms with Gasteiger partial charge in [-0.1, -0.05) is 56.2 Å². The van der Waals surface area contributed by atoms with Crippen molar-refractivity contribution in [3.8, 4) is 0 Å². The molecule has 3 rings (SSSR count). The number of hydrogen-bond acceptors (Lipinski definition) is 4. The van der Waals surface area contributed by atoms with Crippen LogP contribution in [0.5, 0.6) is 0 Å². The second-order valence-corrected chi connectivity index (χ2v) is 10.1. The second kappa shape index (κ2) is 9.52. The number of allylic oxidation sites excluding steroid dienone is 2. The minimum absolute atomic E-state index is 0.0530. The first-order chi connectivity index (χ1) is 14.7. The molecule has 0 aromatic heterocycles. The van der Waals surface area contributed by atoms with E-state index in [1.54, 1.807) is 18.2 Å². The van der Waals surface area contributed by atoms with Crippen LogP contribution in [-0.4, -0.2) is 30.1 Å². The van der Waals surface area contributed by atoms with Crippen LogP contribution >= 0.6 is 0 Å². The highest BCUT2D eigenvalue weighted by Crippen LogP contribution is 2.62. The van der Waals surface area contributed by atoms with Crippen molar-refractivity contribution >= 4 is 12.3 Å². The summed E-state index contributed by atoms with van der Waals surface area (Å²) in [6, 6.07) is 9.10. The molecule has 5 atom stereocenters. The Morgan fingerprint density at radius 3 is 2.61 bits per heavy atom. The van der Waals surface area contributed by atoms with Crippen LogP contribution in [-0.2, 0) is 9.53 Å². The minimum Gasteiger partial charge on any atom is -0.458 e. The molecular formula is C27H36O4. The van der Waals surface area contributed by atoms with E-state index in [2.05, 4.69) is 20.4 Å². The van der Waals surface area contributed by atoms with E-state index in [1.165, 1.54) is 0 Å². The van der Waals surface area contributed by atoms with E-state index in [1.807, 2.05) is 25.1 Å². The highest BCUT2D eigenvalue weighted by Gasteiger charge is 2.59. The summed E-state index contributed by atoms with van der Waals surface area (Å²) in [4.78, 5) is 23.7. The Hall–Kier alpha value is -2.20. The largest absolute Gasteiger partial charge is 0.458 e. The normalized spacial score (nSPS) is 33.5. The number of carbonyl (C=O) groups is 2. The zero-order valence-corrected chi connectivity index (χ0v) is 19.1. The van der Waals surface area contributed by atoms with Crippen LogP contribution in [0.2, 0.25) is 0 Å². The van der Waals surface area contributed by atoms with Crippen LogP contribution < -0.4 is 0 Å². The van der Waals surface area contributed by atoms with Crippen molar-refractivity contribution in [3.63, 3.8) is 0 Å². The molecule has 0 bridgehead atoms. The van der Waals surface area contributed by atoms with E-state index in [-0.39, 0.29) is 41.3 Å². The van der Waals surface area contributed by atoms with Gasteiger partial charge >= 0.3 is 5.97 Å². The van der Waals surface area contributed by atoms with Gasteiger partial charge in [0.05, 0.1) is 5.56 Å². The number of carbonyl (C=O) groups excluding carboxylic acids is 2. The fraction of sp³-hybridized carbons (Fsp3) is 0.556. The Kier molecular flexibility index (Phi) is 7.20. The third-order valence-corrected chi connectivity index (χ3v) is 7.86. The van der Waals surface area contributed by atoms with E-state index in [4.69, 9.17) is 4.74 Å². The Morgan fingerprint density at radius 1 is 1.26 bits per heavy atom. The molecule has 0 spiro atoms. The number of fused-ring (bicyclic) bond motifs is 1. The molecule has 31 heavy (non-hydrogen) atoms. The van der Waals surface area contributed by atoms with Crippen LogP contribution in [0.15, 0.2) is 54.1 Å². The predicted octanol–water partition coefficient (Wildman–Crippen LogP) is 5.52. The Bertz CT molecular complexity index is 842. The number of aliphatic hydroxyl groups is 1. The number of rotatable bonds is 7. The first-order valence-corrected chi connectivity index (χ1v) is 11.4. The molecule has 2 saturated carbocycles. The maximum atomic E-state index is 12.9. The van der Waals surface area contributed by atoms with Gasteiger partial charge in [-0.05, 0) is 67.6 Å². The zero-order valence-electron chi connectivity index (χ0n) is 19.1. The molecule has 0 radical (unpaired) electrons. The number of hydrogen-bond donors (Lipinski definition) is 1. The van der Waals surface area contributed by atoms with Crippen LogP contribution in [0, 0.1) is 22.7 Å². The minimum atomic E-state index is -0.310. The molecule has 168 valence electrons. The topological polar surface area (TPSA) is 63.6 Å². The van der Waals surface area contributed by atoms with Crippen molar-refractivity contribution in [2.75, 3.05) is 6.61 Å².